The summed E-state index contributed by atoms with van der Waals surface area (Å²) in [5.74, 6) is -1.48. The standard InChI is InChI=1S/C19H25F3N2O4/c1-4-27-15-9-8-13(11-16(15)28-5-2)12(3)23-17(25)14-7-6-10-24(14)18(26)19(20,21)22/h8-9,11-12,14H,4-7,10H2,1-3H3,(H,23,25)/t12-,14+/m1/s1. The van der Waals surface area contributed by atoms with Gasteiger partial charge in [-0.1, -0.05) is 6.07 Å². The Bertz CT molecular complexity index is 709. The van der Waals surface area contributed by atoms with Crippen LogP contribution in [0.4, 0.5) is 13.2 Å². The summed E-state index contributed by atoms with van der Waals surface area (Å²) < 4.78 is 49.3. The van der Waals surface area contributed by atoms with Gasteiger partial charge in [0.15, 0.2) is 11.5 Å². The number of hydrogen-bond acceptors (Lipinski definition) is 4. The van der Waals surface area contributed by atoms with E-state index in [1.54, 1.807) is 25.1 Å². The van der Waals surface area contributed by atoms with Crippen molar-refractivity contribution in [1.82, 2.24) is 10.2 Å². The van der Waals surface area contributed by atoms with E-state index in [-0.39, 0.29) is 13.0 Å². The lowest BCUT2D eigenvalue weighted by Crippen LogP contribution is -2.50. The Kier molecular flexibility index (Phi) is 7.15. The van der Waals surface area contributed by atoms with Crippen LogP contribution in [0.5, 0.6) is 11.5 Å². The third-order valence-electron chi connectivity index (χ3n) is 4.49. The van der Waals surface area contributed by atoms with E-state index in [0.29, 0.717) is 41.6 Å². The van der Waals surface area contributed by atoms with Crippen molar-refractivity contribution in [3.8, 4) is 11.5 Å². The molecule has 28 heavy (non-hydrogen) atoms. The van der Waals surface area contributed by atoms with Crippen molar-refractivity contribution in [3.05, 3.63) is 23.8 Å². The summed E-state index contributed by atoms with van der Waals surface area (Å²) in [4.78, 5) is 24.7. The zero-order valence-corrected chi connectivity index (χ0v) is 16.1. The Labute approximate surface area is 162 Å². The minimum atomic E-state index is -4.99. The highest BCUT2D eigenvalue weighted by molar-refractivity contribution is 5.90. The maximum atomic E-state index is 12.7. The molecule has 1 saturated heterocycles. The number of ether oxygens (including phenoxy) is 2. The number of rotatable bonds is 7. The number of nitrogens with one attached hydrogen (secondary N) is 1. The van der Waals surface area contributed by atoms with Crippen LogP contribution in [0.25, 0.3) is 0 Å². The van der Waals surface area contributed by atoms with E-state index in [0.717, 1.165) is 0 Å². The molecule has 9 heteroatoms. The third-order valence-corrected chi connectivity index (χ3v) is 4.49. The first kappa shape index (κ1) is 21.8. The molecule has 1 fully saturated rings. The van der Waals surface area contributed by atoms with E-state index in [2.05, 4.69) is 5.32 Å². The summed E-state index contributed by atoms with van der Waals surface area (Å²) in [5.41, 5.74) is 0.715. The highest BCUT2D eigenvalue weighted by Gasteiger charge is 2.47. The molecule has 1 aromatic rings. The van der Waals surface area contributed by atoms with Gasteiger partial charge in [0, 0.05) is 6.54 Å². The maximum absolute atomic E-state index is 12.7. The third kappa shape index (κ3) is 5.08. The average molecular weight is 402 g/mol. The second kappa shape index (κ2) is 9.16. The first-order chi connectivity index (χ1) is 13.2. The monoisotopic (exact) mass is 402 g/mol. The molecule has 2 atom stereocenters. The van der Waals surface area contributed by atoms with Gasteiger partial charge in [-0.25, -0.2) is 0 Å². The van der Waals surface area contributed by atoms with Gasteiger partial charge in [0.05, 0.1) is 19.3 Å². The van der Waals surface area contributed by atoms with Gasteiger partial charge >= 0.3 is 12.1 Å². The lowest BCUT2D eigenvalue weighted by atomic mass is 10.1. The van der Waals surface area contributed by atoms with Crippen molar-refractivity contribution < 1.29 is 32.2 Å². The fourth-order valence-electron chi connectivity index (χ4n) is 3.18. The predicted octanol–water partition coefficient (Wildman–Crippen LogP) is 3.21. The zero-order chi connectivity index (χ0) is 20.9. The quantitative estimate of drug-likeness (QED) is 0.761. The van der Waals surface area contributed by atoms with Crippen molar-refractivity contribution in [3.63, 3.8) is 0 Å². The van der Waals surface area contributed by atoms with E-state index in [9.17, 15) is 22.8 Å². The zero-order valence-electron chi connectivity index (χ0n) is 16.1. The van der Waals surface area contributed by atoms with Crippen LogP contribution in [-0.2, 0) is 9.59 Å². The van der Waals surface area contributed by atoms with Gasteiger partial charge in [0.2, 0.25) is 5.91 Å². The molecule has 0 unspecified atom stereocenters. The largest absolute Gasteiger partial charge is 0.490 e. The first-order valence-electron chi connectivity index (χ1n) is 9.26. The highest BCUT2D eigenvalue weighted by Crippen LogP contribution is 2.31. The Hall–Kier alpha value is -2.45. The number of nitrogens with zero attached hydrogens (tertiary/aromatic N) is 1. The van der Waals surface area contributed by atoms with Gasteiger partial charge in [-0.2, -0.15) is 13.2 Å². The molecule has 6 nitrogen and oxygen atoms in total. The van der Waals surface area contributed by atoms with Crippen molar-refractivity contribution in [2.24, 2.45) is 0 Å². The van der Waals surface area contributed by atoms with Gasteiger partial charge in [0.25, 0.3) is 0 Å². The number of amides is 2. The predicted molar refractivity (Wildman–Crippen MR) is 96.1 cm³/mol. The molecule has 1 aromatic carbocycles. The summed E-state index contributed by atoms with van der Waals surface area (Å²) in [6, 6.07) is 3.61. The Balaban J connectivity index is 2.11. The number of likely N-dealkylation sites (tertiary alicyclic amines) is 1. The summed E-state index contributed by atoms with van der Waals surface area (Å²) in [6.45, 7) is 6.22. The number of halogens is 3. The SMILES string of the molecule is CCOc1ccc([C@@H](C)NC(=O)[C@@H]2CCCN2C(=O)C(F)(F)F)cc1OCC. The van der Waals surface area contributed by atoms with Crippen molar-refractivity contribution >= 4 is 11.8 Å². The molecule has 0 saturated carbocycles. The summed E-state index contributed by atoms with van der Waals surface area (Å²) >= 11 is 0. The topological polar surface area (TPSA) is 67.9 Å². The fraction of sp³-hybridized carbons (Fsp3) is 0.579. The van der Waals surface area contributed by atoms with Crippen LogP contribution in [0, 0.1) is 0 Å². The Morgan fingerprint density at radius 1 is 1.21 bits per heavy atom. The molecule has 0 aliphatic carbocycles. The molecule has 1 heterocycles. The van der Waals surface area contributed by atoms with Gasteiger partial charge in [-0.15, -0.1) is 0 Å². The molecule has 1 aliphatic rings. The fourth-order valence-corrected chi connectivity index (χ4v) is 3.18. The lowest BCUT2D eigenvalue weighted by molar-refractivity contribution is -0.186. The lowest BCUT2D eigenvalue weighted by Gasteiger charge is -2.26. The average Bonchev–Trinajstić information content (AvgIpc) is 3.11. The number of carbonyl (C=O) groups is 2. The second-order valence-electron chi connectivity index (χ2n) is 6.46. The maximum Gasteiger partial charge on any atom is 0.471 e. The molecule has 2 amide bonds. The molecule has 0 spiro atoms. The Morgan fingerprint density at radius 3 is 2.46 bits per heavy atom. The van der Waals surface area contributed by atoms with E-state index in [4.69, 9.17) is 9.47 Å². The van der Waals surface area contributed by atoms with Gasteiger partial charge in [0.1, 0.15) is 6.04 Å². The minimum Gasteiger partial charge on any atom is -0.490 e. The molecule has 1 N–H and O–H groups in total. The highest BCUT2D eigenvalue weighted by atomic mass is 19.4. The van der Waals surface area contributed by atoms with E-state index < -0.39 is 30.1 Å². The van der Waals surface area contributed by atoms with E-state index in [1.165, 1.54) is 0 Å². The number of carbonyl (C=O) groups excluding carboxylic acids is 2. The molecule has 0 aromatic heterocycles. The molecule has 2 rings (SSSR count). The summed E-state index contributed by atoms with van der Waals surface area (Å²) in [7, 11) is 0. The minimum absolute atomic E-state index is 0.0810. The van der Waals surface area contributed by atoms with Crippen molar-refractivity contribution in [1.29, 1.82) is 0 Å². The van der Waals surface area contributed by atoms with Crippen LogP contribution in [0.15, 0.2) is 18.2 Å². The van der Waals surface area contributed by atoms with Crippen LogP contribution >= 0.6 is 0 Å². The molecule has 1 aliphatic heterocycles. The first-order valence-corrected chi connectivity index (χ1v) is 9.26. The molecular weight excluding hydrogens is 377 g/mol. The summed E-state index contributed by atoms with van der Waals surface area (Å²) in [5, 5.41) is 2.70. The van der Waals surface area contributed by atoms with Gasteiger partial charge in [-0.05, 0) is 51.3 Å². The van der Waals surface area contributed by atoms with Crippen molar-refractivity contribution in [2.45, 2.75) is 51.9 Å². The van der Waals surface area contributed by atoms with E-state index >= 15 is 0 Å². The molecular formula is C19H25F3N2O4. The summed E-state index contributed by atoms with van der Waals surface area (Å²) in [6.07, 6.45) is -4.43. The van der Waals surface area contributed by atoms with Crippen molar-refractivity contribution in [2.75, 3.05) is 19.8 Å². The smallest absolute Gasteiger partial charge is 0.471 e. The van der Waals surface area contributed by atoms with Crippen LogP contribution in [0.1, 0.15) is 45.2 Å². The van der Waals surface area contributed by atoms with E-state index in [1.807, 2.05) is 13.8 Å². The molecule has 156 valence electrons. The van der Waals surface area contributed by atoms with Crippen LogP contribution in [0.3, 0.4) is 0 Å². The second-order valence-corrected chi connectivity index (χ2v) is 6.46. The Morgan fingerprint density at radius 2 is 1.86 bits per heavy atom. The number of benzene rings is 1. The van der Waals surface area contributed by atoms with Gasteiger partial charge in [-0.3, -0.25) is 9.59 Å². The van der Waals surface area contributed by atoms with Crippen LogP contribution < -0.4 is 14.8 Å². The van der Waals surface area contributed by atoms with Crippen LogP contribution in [0.2, 0.25) is 0 Å². The van der Waals surface area contributed by atoms with Gasteiger partial charge < -0.3 is 19.7 Å². The molecule has 0 bridgehead atoms. The molecule has 0 radical (unpaired) electrons. The number of alkyl halides is 3. The number of hydrogen-bond donors (Lipinski definition) is 1. The normalized spacial score (nSPS) is 17.9. The van der Waals surface area contributed by atoms with Crippen LogP contribution in [-0.4, -0.2) is 48.7 Å².